The summed E-state index contributed by atoms with van der Waals surface area (Å²) in [4.78, 5) is 6.35. The van der Waals surface area contributed by atoms with Gasteiger partial charge in [0.2, 0.25) is 0 Å². The largest absolute Gasteiger partial charge is 0.405 e. The zero-order chi connectivity index (χ0) is 13.6. The van der Waals surface area contributed by atoms with Crippen LogP contribution in [-0.2, 0) is 6.54 Å². The highest BCUT2D eigenvalue weighted by atomic mass is 32.1. The van der Waals surface area contributed by atoms with Crippen molar-refractivity contribution in [2.24, 2.45) is 5.73 Å². The summed E-state index contributed by atoms with van der Waals surface area (Å²) in [5, 5.41) is 1.84. The lowest BCUT2D eigenvalue weighted by Crippen LogP contribution is -2.37. The zero-order valence-corrected chi connectivity index (χ0v) is 10.8. The van der Waals surface area contributed by atoms with Crippen LogP contribution >= 0.6 is 11.3 Å². The fourth-order valence-electron chi connectivity index (χ4n) is 2.20. The normalized spacial score (nSPS) is 16.2. The average molecular weight is 290 g/mol. The summed E-state index contributed by atoms with van der Waals surface area (Å²) in [6.45, 7) is -0.788. The maximum Gasteiger partial charge on any atom is 0.405 e. The molecule has 3 rings (SSSR count). The van der Waals surface area contributed by atoms with Crippen molar-refractivity contribution >= 4 is 22.1 Å². The molecular formula is C11H13F3N4S. The van der Waals surface area contributed by atoms with Crippen LogP contribution in [0, 0.1) is 0 Å². The summed E-state index contributed by atoms with van der Waals surface area (Å²) in [6.07, 6.45) is -0.876. The maximum atomic E-state index is 12.7. The monoisotopic (exact) mass is 290 g/mol. The Morgan fingerprint density at radius 3 is 2.79 bits per heavy atom. The van der Waals surface area contributed by atoms with Gasteiger partial charge in [0.15, 0.2) is 10.8 Å². The van der Waals surface area contributed by atoms with Crippen molar-refractivity contribution in [1.82, 2.24) is 9.38 Å². The van der Waals surface area contributed by atoms with E-state index in [-0.39, 0.29) is 12.6 Å². The van der Waals surface area contributed by atoms with Crippen LogP contribution < -0.4 is 10.6 Å². The van der Waals surface area contributed by atoms with E-state index < -0.39 is 12.7 Å². The third-order valence-corrected chi connectivity index (χ3v) is 3.90. The van der Waals surface area contributed by atoms with Gasteiger partial charge >= 0.3 is 6.18 Å². The minimum absolute atomic E-state index is 0.0588. The molecule has 1 saturated carbocycles. The maximum absolute atomic E-state index is 12.7. The first-order valence-electron chi connectivity index (χ1n) is 5.97. The highest BCUT2D eigenvalue weighted by Crippen LogP contribution is 2.36. The number of alkyl halides is 3. The number of nitrogens with zero attached hydrogens (tertiary/aromatic N) is 3. The zero-order valence-electron chi connectivity index (χ0n) is 10.0. The predicted molar refractivity (Wildman–Crippen MR) is 67.4 cm³/mol. The minimum atomic E-state index is -4.23. The van der Waals surface area contributed by atoms with Gasteiger partial charge in [-0.15, -0.1) is 11.3 Å². The smallest absolute Gasteiger partial charge is 0.343 e. The molecule has 19 heavy (non-hydrogen) atoms. The SMILES string of the molecule is NCc1c(N(CC(F)(F)F)C2CC2)nc2sccn12. The van der Waals surface area contributed by atoms with Gasteiger partial charge in [0.1, 0.15) is 6.54 Å². The Hall–Kier alpha value is -1.28. The van der Waals surface area contributed by atoms with E-state index in [0.717, 1.165) is 12.8 Å². The third kappa shape index (κ3) is 2.42. The topological polar surface area (TPSA) is 46.6 Å². The summed E-state index contributed by atoms with van der Waals surface area (Å²) >= 11 is 1.39. The Morgan fingerprint density at radius 1 is 1.47 bits per heavy atom. The van der Waals surface area contributed by atoms with Gasteiger partial charge < -0.3 is 10.6 Å². The van der Waals surface area contributed by atoms with Gasteiger partial charge in [-0.05, 0) is 12.8 Å². The van der Waals surface area contributed by atoms with Crippen LogP contribution in [0.15, 0.2) is 11.6 Å². The number of fused-ring (bicyclic) bond motifs is 1. The minimum Gasteiger partial charge on any atom is -0.343 e. The number of rotatable bonds is 4. The molecule has 1 aliphatic carbocycles. The standard InChI is InChI=1S/C11H13F3N4S/c12-11(13,14)6-18(7-1-2-7)9-8(5-15)17-3-4-19-10(17)16-9/h3-4,7H,1-2,5-6,15H2. The molecule has 4 nitrogen and oxygen atoms in total. The van der Waals surface area contributed by atoms with Crippen LogP contribution in [0.4, 0.5) is 19.0 Å². The van der Waals surface area contributed by atoms with Crippen molar-refractivity contribution in [1.29, 1.82) is 0 Å². The molecule has 0 radical (unpaired) electrons. The number of imidazole rings is 1. The number of halogens is 3. The number of nitrogens with two attached hydrogens (primary N) is 1. The van der Waals surface area contributed by atoms with Crippen LogP contribution in [0.3, 0.4) is 0 Å². The van der Waals surface area contributed by atoms with E-state index in [1.807, 2.05) is 5.38 Å². The van der Waals surface area contributed by atoms with Crippen LogP contribution in [0.5, 0.6) is 0 Å². The molecule has 8 heteroatoms. The summed E-state index contributed by atoms with van der Waals surface area (Å²) in [7, 11) is 0. The number of aromatic nitrogens is 2. The molecule has 1 fully saturated rings. The van der Waals surface area contributed by atoms with E-state index in [9.17, 15) is 13.2 Å². The molecule has 0 amide bonds. The van der Waals surface area contributed by atoms with E-state index in [1.165, 1.54) is 16.2 Å². The van der Waals surface area contributed by atoms with Gasteiger partial charge in [-0.1, -0.05) is 0 Å². The van der Waals surface area contributed by atoms with Crippen LogP contribution in [0.25, 0.3) is 4.96 Å². The molecule has 1 aliphatic rings. The fraction of sp³-hybridized carbons (Fsp3) is 0.545. The van der Waals surface area contributed by atoms with E-state index in [0.29, 0.717) is 16.5 Å². The molecule has 0 aliphatic heterocycles. The van der Waals surface area contributed by atoms with E-state index in [2.05, 4.69) is 4.98 Å². The Bertz CT molecular complexity index is 584. The lowest BCUT2D eigenvalue weighted by atomic mass is 10.3. The molecule has 0 unspecified atom stereocenters. The van der Waals surface area contributed by atoms with Crippen molar-refractivity contribution < 1.29 is 13.2 Å². The second-order valence-electron chi connectivity index (χ2n) is 4.62. The van der Waals surface area contributed by atoms with Crippen molar-refractivity contribution in [2.75, 3.05) is 11.4 Å². The highest BCUT2D eigenvalue weighted by Gasteiger charge is 2.40. The van der Waals surface area contributed by atoms with E-state index in [1.54, 1.807) is 10.6 Å². The third-order valence-electron chi connectivity index (χ3n) is 3.14. The van der Waals surface area contributed by atoms with Crippen LogP contribution in [-0.4, -0.2) is 28.1 Å². The fourth-order valence-corrected chi connectivity index (χ4v) is 2.93. The number of hydrogen-bond donors (Lipinski definition) is 1. The quantitative estimate of drug-likeness (QED) is 0.940. The van der Waals surface area contributed by atoms with E-state index in [4.69, 9.17) is 5.73 Å². The van der Waals surface area contributed by atoms with Gasteiger partial charge in [0.25, 0.3) is 0 Å². The molecule has 0 bridgehead atoms. The first-order valence-corrected chi connectivity index (χ1v) is 6.85. The molecule has 2 heterocycles. The lowest BCUT2D eigenvalue weighted by molar-refractivity contribution is -0.120. The second kappa shape index (κ2) is 4.38. The van der Waals surface area contributed by atoms with Gasteiger partial charge in [0.05, 0.1) is 5.69 Å². The summed E-state index contributed by atoms with van der Waals surface area (Å²) in [5.74, 6) is 0.383. The first kappa shape index (κ1) is 12.7. The van der Waals surface area contributed by atoms with Gasteiger partial charge in [0, 0.05) is 24.2 Å². The van der Waals surface area contributed by atoms with Crippen molar-refractivity contribution in [2.45, 2.75) is 31.6 Å². The van der Waals surface area contributed by atoms with E-state index >= 15 is 0 Å². The highest BCUT2D eigenvalue weighted by molar-refractivity contribution is 7.15. The van der Waals surface area contributed by atoms with Crippen LogP contribution in [0.2, 0.25) is 0 Å². The Balaban J connectivity index is 2.01. The van der Waals surface area contributed by atoms with Crippen LogP contribution in [0.1, 0.15) is 18.5 Å². The molecule has 2 aromatic rings. The number of hydrogen-bond acceptors (Lipinski definition) is 4. The first-order chi connectivity index (χ1) is 8.99. The van der Waals surface area contributed by atoms with Gasteiger partial charge in [-0.3, -0.25) is 4.40 Å². The van der Waals surface area contributed by atoms with Crippen molar-refractivity contribution in [3.8, 4) is 0 Å². The number of anilines is 1. The molecule has 0 spiro atoms. The second-order valence-corrected chi connectivity index (χ2v) is 5.49. The summed E-state index contributed by atoms with van der Waals surface area (Å²) in [5.41, 5.74) is 6.32. The summed E-state index contributed by atoms with van der Waals surface area (Å²) in [6, 6.07) is -0.0588. The molecule has 0 aromatic carbocycles. The molecular weight excluding hydrogens is 277 g/mol. The lowest BCUT2D eigenvalue weighted by Gasteiger charge is -2.24. The Labute approximate surface area is 111 Å². The van der Waals surface area contributed by atoms with Crippen molar-refractivity contribution in [3.63, 3.8) is 0 Å². The average Bonchev–Trinajstić information content (AvgIpc) is 2.95. The molecule has 0 atom stereocenters. The summed E-state index contributed by atoms with van der Waals surface area (Å²) < 4.78 is 39.8. The van der Waals surface area contributed by atoms with Gasteiger partial charge in [-0.2, -0.15) is 13.2 Å². The molecule has 0 saturated heterocycles. The molecule has 2 aromatic heterocycles. The Kier molecular flexibility index (Phi) is 2.94. The molecule has 2 N–H and O–H groups in total. The Morgan fingerprint density at radius 2 is 2.21 bits per heavy atom. The van der Waals surface area contributed by atoms with Crippen molar-refractivity contribution in [3.05, 3.63) is 17.3 Å². The predicted octanol–water partition coefficient (Wildman–Crippen LogP) is 2.39. The molecule has 104 valence electrons. The van der Waals surface area contributed by atoms with Gasteiger partial charge in [-0.25, -0.2) is 4.98 Å². The number of thiazole rings is 1.